The number of nitrogens with one attached hydrogen (secondary N) is 2. The highest BCUT2D eigenvalue weighted by Crippen LogP contribution is 2.42. The molecule has 9 heteroatoms. The molecule has 0 aromatic carbocycles. The van der Waals surface area contributed by atoms with E-state index in [-0.39, 0.29) is 24.6 Å². The van der Waals surface area contributed by atoms with Gasteiger partial charge in [0, 0.05) is 20.2 Å². The van der Waals surface area contributed by atoms with Crippen LogP contribution in [0.25, 0.3) is 0 Å². The van der Waals surface area contributed by atoms with Gasteiger partial charge in [-0.05, 0) is 82.4 Å². The van der Waals surface area contributed by atoms with E-state index in [2.05, 4.69) is 15.6 Å². The van der Waals surface area contributed by atoms with Crippen LogP contribution < -0.4 is 16.4 Å². The lowest BCUT2D eigenvalue weighted by Crippen LogP contribution is -2.58. The van der Waals surface area contributed by atoms with Crippen molar-refractivity contribution < 1.29 is 20.5 Å². The van der Waals surface area contributed by atoms with Gasteiger partial charge >= 0.3 is 6.09 Å². The van der Waals surface area contributed by atoms with Crippen molar-refractivity contribution in [3.8, 4) is 0 Å². The van der Waals surface area contributed by atoms with E-state index >= 15 is 0 Å². The number of carbonyl (C=O) groups is 3. The van der Waals surface area contributed by atoms with Crippen LogP contribution in [0.3, 0.4) is 0 Å². The van der Waals surface area contributed by atoms with Crippen LogP contribution in [0.4, 0.5) is 10.6 Å². The molecule has 1 aromatic heterocycles. The Morgan fingerprint density at radius 3 is 2.24 bits per heavy atom. The molecule has 1 saturated heterocycles. The Kier molecular flexibility index (Phi) is 10.3. The molecule has 1 aromatic rings. The Morgan fingerprint density at radius 2 is 1.67 bits per heavy atom. The summed E-state index contributed by atoms with van der Waals surface area (Å²) in [6, 6.07) is 0.436. The maximum atomic E-state index is 14.6. The van der Waals surface area contributed by atoms with Crippen molar-refractivity contribution in [2.75, 3.05) is 12.3 Å². The average Bonchev–Trinajstić information content (AvgIpc) is 3.47. The second-order valence-electron chi connectivity index (χ2n) is 13.5. The number of rotatable bonds is 8. The quantitative estimate of drug-likeness (QED) is 0.367. The molecule has 9 nitrogen and oxygen atoms in total. The van der Waals surface area contributed by atoms with Gasteiger partial charge in [-0.15, -0.1) is 0 Å². The Bertz CT molecular complexity index is 1090. The summed E-state index contributed by atoms with van der Waals surface area (Å²) in [6.45, 7) is 7.95. The van der Waals surface area contributed by atoms with Crippen molar-refractivity contribution in [3.63, 3.8) is 0 Å². The lowest BCUT2D eigenvalue weighted by atomic mass is 9.66. The highest BCUT2D eigenvalue weighted by atomic mass is 16.6. The number of nitrogens with zero attached hydrogens (tertiary/aromatic N) is 2. The van der Waals surface area contributed by atoms with E-state index in [0.29, 0.717) is 37.2 Å². The van der Waals surface area contributed by atoms with Crippen LogP contribution in [0.15, 0.2) is 6.07 Å². The number of ether oxygens (including phenoxy) is 1. The predicted molar refractivity (Wildman–Crippen MR) is 165 cm³/mol. The minimum absolute atomic E-state index is 0.00442. The third kappa shape index (κ3) is 8.16. The van der Waals surface area contributed by atoms with Gasteiger partial charge in [-0.25, -0.2) is 9.78 Å². The number of alkyl carbamates (subject to hydrolysis) is 1. The minimum Gasteiger partial charge on any atom is -0.444 e. The number of aryl methyl sites for hydroxylation is 2. The smallest absolute Gasteiger partial charge is 0.408 e. The van der Waals surface area contributed by atoms with Gasteiger partial charge in [-0.1, -0.05) is 64.2 Å². The number of aromatic nitrogens is 1. The van der Waals surface area contributed by atoms with E-state index in [9.17, 15) is 14.4 Å². The number of amides is 3. The highest BCUT2D eigenvalue weighted by molar-refractivity contribution is 5.92. The second-order valence-corrected chi connectivity index (χ2v) is 13.5. The summed E-state index contributed by atoms with van der Waals surface area (Å²) in [5, 5.41) is 6.08. The number of likely N-dealkylation sites (tertiary alicyclic amines) is 1. The summed E-state index contributed by atoms with van der Waals surface area (Å²) in [4.78, 5) is 47.5. The molecular weight excluding hydrogens is 530 g/mol. The summed E-state index contributed by atoms with van der Waals surface area (Å²) < 4.78 is 13.4. The molecular formula is C33H53N5O4. The van der Waals surface area contributed by atoms with E-state index < -0.39 is 23.8 Å². The van der Waals surface area contributed by atoms with Crippen LogP contribution in [0.1, 0.15) is 116 Å². The molecule has 4 rings (SSSR count). The fourth-order valence-electron chi connectivity index (χ4n) is 7.63. The molecule has 234 valence electrons. The van der Waals surface area contributed by atoms with E-state index in [1.54, 1.807) is 24.8 Å². The molecule has 0 spiro atoms. The van der Waals surface area contributed by atoms with Crippen LogP contribution >= 0.6 is 0 Å². The number of hydrogen-bond acceptors (Lipinski definition) is 6. The molecule has 2 saturated carbocycles. The molecule has 2 heterocycles. The van der Waals surface area contributed by atoms with Gasteiger partial charge in [0.1, 0.15) is 23.5 Å². The SMILES string of the molecule is [2H]CC(C)(C)OC(=O)N[C@H](C(=O)N1CCC[C@H]1C(=O)NCc1c(C)cc(N)nc1C)C(C1CCCCC1)C1CCCCC1. The third-order valence-electron chi connectivity index (χ3n) is 9.53. The number of carbonyl (C=O) groups excluding carboxylic acids is 3. The predicted octanol–water partition coefficient (Wildman–Crippen LogP) is 5.56. The average molecular weight is 585 g/mol. The second kappa shape index (κ2) is 14.1. The topological polar surface area (TPSA) is 127 Å². The van der Waals surface area contributed by atoms with Gasteiger partial charge in [-0.3, -0.25) is 9.59 Å². The number of pyridine rings is 1. The van der Waals surface area contributed by atoms with E-state index in [4.69, 9.17) is 11.8 Å². The van der Waals surface area contributed by atoms with Crippen LogP contribution in [-0.4, -0.2) is 52.0 Å². The summed E-state index contributed by atoms with van der Waals surface area (Å²) in [5.41, 5.74) is 7.58. The fourth-order valence-corrected chi connectivity index (χ4v) is 7.63. The molecule has 0 unspecified atom stereocenters. The maximum absolute atomic E-state index is 14.6. The largest absolute Gasteiger partial charge is 0.444 e. The first-order valence-electron chi connectivity index (χ1n) is 16.8. The molecule has 4 N–H and O–H groups in total. The van der Waals surface area contributed by atoms with Crippen molar-refractivity contribution in [1.82, 2.24) is 20.5 Å². The molecule has 2 aliphatic carbocycles. The maximum Gasteiger partial charge on any atom is 0.408 e. The third-order valence-corrected chi connectivity index (χ3v) is 9.53. The van der Waals surface area contributed by atoms with Crippen LogP contribution in [-0.2, 0) is 20.9 Å². The minimum atomic E-state index is -0.966. The Labute approximate surface area is 253 Å². The zero-order valence-corrected chi connectivity index (χ0v) is 26.2. The van der Waals surface area contributed by atoms with E-state index in [1.165, 1.54) is 12.8 Å². The molecule has 42 heavy (non-hydrogen) atoms. The first kappa shape index (κ1) is 30.6. The van der Waals surface area contributed by atoms with Crippen molar-refractivity contribution in [2.45, 2.75) is 136 Å². The lowest BCUT2D eigenvalue weighted by molar-refractivity contribution is -0.142. The van der Waals surface area contributed by atoms with Crippen molar-refractivity contribution in [3.05, 3.63) is 22.9 Å². The number of hydrogen-bond donors (Lipinski definition) is 3. The Hall–Kier alpha value is -2.84. The standard InChI is InChI=1S/C33H53N5O4/c1-21-19-27(34)36-22(2)25(21)20-35-30(39)26-17-12-18-38(26)31(40)29(37-32(41)42-33(3,4)5)28(23-13-8-6-9-14-23)24-15-10-7-11-16-24/h19,23-24,26,28-29H,6-18,20H2,1-5H3,(H2,34,36)(H,35,39)(H,37,41)/t26-,29-/m0/s1/i3D. The first-order valence-corrected chi connectivity index (χ1v) is 16.1. The molecule has 2 atom stereocenters. The summed E-state index contributed by atoms with van der Waals surface area (Å²) in [6.07, 6.45) is 11.8. The zero-order chi connectivity index (χ0) is 31.1. The van der Waals surface area contributed by atoms with Crippen LogP contribution in [0, 0.1) is 31.6 Å². The highest BCUT2D eigenvalue weighted by Gasteiger charge is 2.46. The monoisotopic (exact) mass is 584 g/mol. The molecule has 1 aliphatic heterocycles. The molecule has 3 aliphatic rings. The molecule has 0 radical (unpaired) electrons. The normalized spacial score (nSPS) is 21.6. The fraction of sp³-hybridized carbons (Fsp3) is 0.758. The molecule has 0 bridgehead atoms. The van der Waals surface area contributed by atoms with Crippen LogP contribution in [0.5, 0.6) is 0 Å². The van der Waals surface area contributed by atoms with Crippen molar-refractivity contribution in [1.29, 1.82) is 0 Å². The van der Waals surface area contributed by atoms with Gasteiger partial charge in [0.25, 0.3) is 0 Å². The van der Waals surface area contributed by atoms with Gasteiger partial charge < -0.3 is 26.0 Å². The van der Waals surface area contributed by atoms with Crippen molar-refractivity contribution in [2.24, 2.45) is 17.8 Å². The number of nitrogens with two attached hydrogens (primary N) is 1. The van der Waals surface area contributed by atoms with Gasteiger partial charge in [0.15, 0.2) is 0 Å². The summed E-state index contributed by atoms with van der Waals surface area (Å²) >= 11 is 0. The lowest BCUT2D eigenvalue weighted by Gasteiger charge is -2.43. The summed E-state index contributed by atoms with van der Waals surface area (Å²) in [5.74, 6) is 0.760. The van der Waals surface area contributed by atoms with E-state index in [0.717, 1.165) is 74.6 Å². The van der Waals surface area contributed by atoms with Gasteiger partial charge in [0.05, 0.1) is 0 Å². The summed E-state index contributed by atoms with van der Waals surface area (Å²) in [7, 11) is 0. The number of anilines is 1. The number of nitrogen functional groups attached to an aromatic ring is 1. The Balaban J connectivity index is 1.58. The first-order chi connectivity index (χ1) is 20.5. The van der Waals surface area contributed by atoms with Crippen LogP contribution in [0.2, 0.25) is 0 Å². The zero-order valence-electron chi connectivity index (χ0n) is 27.2. The molecule has 3 fully saturated rings. The van der Waals surface area contributed by atoms with Crippen molar-refractivity contribution >= 4 is 23.7 Å². The Morgan fingerprint density at radius 1 is 1.05 bits per heavy atom. The van der Waals surface area contributed by atoms with Gasteiger partial charge in [-0.2, -0.15) is 0 Å². The van der Waals surface area contributed by atoms with Gasteiger partial charge in [0.2, 0.25) is 11.8 Å². The van der Waals surface area contributed by atoms with E-state index in [1.807, 2.05) is 13.8 Å². The molecule has 3 amide bonds.